The summed E-state index contributed by atoms with van der Waals surface area (Å²) in [6.45, 7) is 0. The van der Waals surface area contributed by atoms with Crippen molar-refractivity contribution in [3.63, 3.8) is 0 Å². The zero-order valence-corrected chi connectivity index (χ0v) is 17.3. The maximum atomic E-state index is 5.11. The van der Waals surface area contributed by atoms with Crippen molar-refractivity contribution in [2.75, 3.05) is 9.80 Å². The van der Waals surface area contributed by atoms with Gasteiger partial charge in [-0.05, 0) is 86.5 Å². The Morgan fingerprint density at radius 3 is 1.57 bits per heavy atom. The molecular weight excluding hydrogens is 368 g/mol. The van der Waals surface area contributed by atoms with E-state index in [4.69, 9.17) is 9.97 Å². The quantitative estimate of drug-likeness (QED) is 0.527. The second-order valence-electron chi connectivity index (χ2n) is 10.7. The summed E-state index contributed by atoms with van der Waals surface area (Å²) in [7, 11) is 0. The number of anilines is 2. The molecule has 2 fully saturated rings. The molecule has 2 saturated heterocycles. The lowest BCUT2D eigenvalue weighted by Crippen LogP contribution is -2.45. The van der Waals surface area contributed by atoms with Gasteiger partial charge in [0, 0.05) is 47.3 Å². The van der Waals surface area contributed by atoms with Crippen LogP contribution in [-0.4, -0.2) is 34.1 Å². The van der Waals surface area contributed by atoms with Gasteiger partial charge in [0.2, 0.25) is 0 Å². The summed E-state index contributed by atoms with van der Waals surface area (Å²) in [5, 5.41) is 2.98. The van der Waals surface area contributed by atoms with Gasteiger partial charge in [-0.3, -0.25) is 9.97 Å². The van der Waals surface area contributed by atoms with Crippen LogP contribution in [0, 0.1) is 0 Å². The molecule has 0 amide bonds. The average molecular weight is 395 g/mol. The lowest BCUT2D eigenvalue weighted by atomic mass is 9.80. The SMILES string of the molecule is c1nc2c3c(c4c5c6c(cnc52)CCC2CCC(C4)N62)CC2CCC4CCc1c3N42. The Bertz CT molecular complexity index is 1210. The first kappa shape index (κ1) is 15.4. The fourth-order valence-electron chi connectivity index (χ4n) is 8.46. The Kier molecular flexibility index (Phi) is 2.53. The number of benzene rings is 1. The van der Waals surface area contributed by atoms with Gasteiger partial charge in [-0.25, -0.2) is 0 Å². The zero-order chi connectivity index (χ0) is 19.1. The molecule has 4 unspecified atom stereocenters. The van der Waals surface area contributed by atoms with Crippen molar-refractivity contribution in [3.8, 4) is 0 Å². The highest BCUT2D eigenvalue weighted by molar-refractivity contribution is 6.16. The van der Waals surface area contributed by atoms with Gasteiger partial charge in [-0.1, -0.05) is 0 Å². The minimum Gasteiger partial charge on any atom is -0.364 e. The summed E-state index contributed by atoms with van der Waals surface area (Å²) in [4.78, 5) is 15.9. The summed E-state index contributed by atoms with van der Waals surface area (Å²) < 4.78 is 0. The summed E-state index contributed by atoms with van der Waals surface area (Å²) in [5.41, 5.74) is 11.8. The van der Waals surface area contributed by atoms with Crippen LogP contribution in [0.2, 0.25) is 0 Å². The largest absolute Gasteiger partial charge is 0.364 e. The molecule has 0 N–H and O–H groups in total. The number of aryl methyl sites for hydroxylation is 2. The van der Waals surface area contributed by atoms with Gasteiger partial charge in [0.05, 0.1) is 22.4 Å². The lowest BCUT2D eigenvalue weighted by Gasteiger charge is -2.45. The normalized spacial score (nSPS) is 31.9. The summed E-state index contributed by atoms with van der Waals surface area (Å²) in [6.07, 6.45) is 17.4. The van der Waals surface area contributed by atoms with Crippen LogP contribution in [0.4, 0.5) is 11.4 Å². The molecule has 4 heteroatoms. The van der Waals surface area contributed by atoms with Crippen LogP contribution in [-0.2, 0) is 25.7 Å². The van der Waals surface area contributed by atoms with E-state index < -0.39 is 0 Å². The van der Waals surface area contributed by atoms with Gasteiger partial charge < -0.3 is 9.80 Å². The standard InChI is InChI=1S/C26H26N4/c1-3-15-5-7-17-9-19-20-10-18-8-6-16-4-2-14-12-28-24(22(20)26(14)30(16)18)23-21(19)25(29(15)17)13(1)11-27-23/h11-12,15-18H,1-10H2. The number of hydrogen-bond acceptors (Lipinski definition) is 4. The molecule has 1 aromatic carbocycles. The first-order valence-electron chi connectivity index (χ1n) is 12.2. The molecule has 4 nitrogen and oxygen atoms in total. The van der Waals surface area contributed by atoms with Crippen LogP contribution in [0.25, 0.3) is 21.8 Å². The van der Waals surface area contributed by atoms with E-state index in [9.17, 15) is 0 Å². The maximum Gasteiger partial charge on any atom is 0.0989 e. The Morgan fingerprint density at radius 1 is 0.600 bits per heavy atom. The number of nitrogens with zero attached hydrogens (tertiary/aromatic N) is 4. The van der Waals surface area contributed by atoms with E-state index in [2.05, 4.69) is 22.2 Å². The topological polar surface area (TPSA) is 32.3 Å². The zero-order valence-electron chi connectivity index (χ0n) is 17.3. The van der Waals surface area contributed by atoms with Crippen molar-refractivity contribution in [1.29, 1.82) is 0 Å². The summed E-state index contributed by atoms with van der Waals surface area (Å²) in [5.74, 6) is 0. The van der Waals surface area contributed by atoms with Gasteiger partial charge in [0.1, 0.15) is 0 Å². The lowest BCUT2D eigenvalue weighted by molar-refractivity contribution is 0.545. The molecule has 0 aliphatic carbocycles. The van der Waals surface area contributed by atoms with Crippen LogP contribution in [0.5, 0.6) is 0 Å². The third-order valence-corrected chi connectivity index (χ3v) is 9.58. The third-order valence-electron chi connectivity index (χ3n) is 9.58. The van der Waals surface area contributed by atoms with Crippen molar-refractivity contribution < 1.29 is 0 Å². The predicted molar refractivity (Wildman–Crippen MR) is 120 cm³/mol. The Hall–Kier alpha value is -2.36. The van der Waals surface area contributed by atoms with Crippen molar-refractivity contribution in [2.45, 2.75) is 88.4 Å². The smallest absolute Gasteiger partial charge is 0.0989 e. The van der Waals surface area contributed by atoms with Crippen LogP contribution in [0.3, 0.4) is 0 Å². The van der Waals surface area contributed by atoms with E-state index in [-0.39, 0.29) is 0 Å². The van der Waals surface area contributed by atoms with Crippen LogP contribution >= 0.6 is 0 Å². The Morgan fingerprint density at radius 2 is 1.07 bits per heavy atom. The second-order valence-corrected chi connectivity index (χ2v) is 10.7. The summed E-state index contributed by atoms with van der Waals surface area (Å²) in [6, 6.07) is 2.94. The van der Waals surface area contributed by atoms with Gasteiger partial charge >= 0.3 is 0 Å². The monoisotopic (exact) mass is 394 g/mol. The Labute approximate surface area is 176 Å². The molecule has 8 heterocycles. The highest BCUT2D eigenvalue weighted by Gasteiger charge is 2.46. The van der Waals surface area contributed by atoms with Gasteiger partial charge in [-0.15, -0.1) is 0 Å². The first-order valence-corrected chi connectivity index (χ1v) is 12.2. The fraction of sp³-hybridized carbons (Fsp3) is 0.538. The van der Waals surface area contributed by atoms with Crippen LogP contribution in [0.1, 0.15) is 60.8 Å². The molecular formula is C26H26N4. The van der Waals surface area contributed by atoms with E-state index in [1.54, 1.807) is 22.5 Å². The molecule has 0 bridgehead atoms. The van der Waals surface area contributed by atoms with E-state index >= 15 is 0 Å². The van der Waals surface area contributed by atoms with E-state index in [0.29, 0.717) is 12.1 Å². The van der Waals surface area contributed by atoms with Gasteiger partial charge in [0.25, 0.3) is 0 Å². The van der Waals surface area contributed by atoms with E-state index in [1.807, 2.05) is 0 Å². The molecule has 3 aromatic rings. The van der Waals surface area contributed by atoms with Gasteiger partial charge in [0.15, 0.2) is 0 Å². The van der Waals surface area contributed by atoms with Crippen LogP contribution < -0.4 is 9.80 Å². The van der Waals surface area contributed by atoms with E-state index in [1.165, 1.54) is 97.1 Å². The van der Waals surface area contributed by atoms with Crippen molar-refractivity contribution in [3.05, 3.63) is 34.6 Å². The minimum absolute atomic E-state index is 0.711. The van der Waals surface area contributed by atoms with Crippen molar-refractivity contribution >= 4 is 33.2 Å². The number of rotatable bonds is 0. The third kappa shape index (κ3) is 1.57. The number of pyridine rings is 2. The van der Waals surface area contributed by atoms with E-state index in [0.717, 1.165) is 12.1 Å². The molecule has 0 saturated carbocycles. The number of fused-ring (bicyclic) bond motifs is 2. The van der Waals surface area contributed by atoms with Gasteiger partial charge in [-0.2, -0.15) is 0 Å². The minimum atomic E-state index is 0.711. The molecule has 2 aromatic heterocycles. The molecule has 150 valence electrons. The predicted octanol–water partition coefficient (Wildman–Crippen LogP) is 4.46. The second kappa shape index (κ2) is 4.92. The number of hydrogen-bond donors (Lipinski definition) is 0. The maximum absolute atomic E-state index is 5.11. The van der Waals surface area contributed by atoms with Crippen molar-refractivity contribution in [1.82, 2.24) is 9.97 Å². The molecule has 4 atom stereocenters. The molecule has 6 aliphatic rings. The van der Waals surface area contributed by atoms with Crippen LogP contribution in [0.15, 0.2) is 12.4 Å². The first-order chi connectivity index (χ1) is 14.9. The van der Waals surface area contributed by atoms with Crippen molar-refractivity contribution in [2.24, 2.45) is 0 Å². The average Bonchev–Trinajstić information content (AvgIpc) is 3.40. The summed E-state index contributed by atoms with van der Waals surface area (Å²) >= 11 is 0. The highest BCUT2D eigenvalue weighted by Crippen LogP contribution is 2.55. The Balaban J connectivity index is 1.48. The fourth-order valence-corrected chi connectivity index (χ4v) is 8.46. The molecule has 0 radical (unpaired) electrons. The molecule has 30 heavy (non-hydrogen) atoms. The molecule has 9 rings (SSSR count). The number of aromatic nitrogens is 2. The molecule has 6 aliphatic heterocycles. The molecule has 0 spiro atoms. The highest BCUT2D eigenvalue weighted by atomic mass is 15.2.